The highest BCUT2D eigenvalue weighted by molar-refractivity contribution is 6.31. The predicted molar refractivity (Wildman–Crippen MR) is 160 cm³/mol. The summed E-state index contributed by atoms with van der Waals surface area (Å²) < 4.78 is 38.3. The van der Waals surface area contributed by atoms with E-state index >= 15 is 4.39 Å². The molecule has 0 spiro atoms. The highest BCUT2D eigenvalue weighted by atomic mass is 35.5. The summed E-state index contributed by atoms with van der Waals surface area (Å²) in [7, 11) is 0. The van der Waals surface area contributed by atoms with E-state index in [1.54, 1.807) is 25.3 Å². The Morgan fingerprint density at radius 3 is 2.70 bits per heavy atom. The lowest BCUT2D eigenvalue weighted by molar-refractivity contribution is -0.119. The van der Waals surface area contributed by atoms with E-state index in [4.69, 9.17) is 27.6 Å². The molecule has 3 atom stereocenters. The highest BCUT2D eigenvalue weighted by Crippen LogP contribution is 2.37. The van der Waals surface area contributed by atoms with Crippen LogP contribution >= 0.6 is 23.2 Å². The van der Waals surface area contributed by atoms with Crippen molar-refractivity contribution in [1.82, 2.24) is 29.8 Å². The first-order chi connectivity index (χ1) is 21.1. The van der Waals surface area contributed by atoms with Gasteiger partial charge in [-0.1, -0.05) is 41.8 Å². The van der Waals surface area contributed by atoms with Crippen LogP contribution in [0.4, 0.5) is 14.5 Å². The number of aromatic nitrogens is 6. The second-order valence-electron chi connectivity index (χ2n) is 10.6. The number of carbonyl (C=O) groups is 1. The SMILES string of the molecule is CC(F)n1ncc2c1-c1ccnc(c1)[C@@H](c1coc(-c3c(-n4cc(Cl)nn4)ccc(Cl)c3F)cc1=O)CCC[C@@H](C)C(=O)N2. The van der Waals surface area contributed by atoms with Gasteiger partial charge in [-0.05, 0) is 44.0 Å². The smallest absolute Gasteiger partial charge is 0.227 e. The molecule has 10 nitrogen and oxygen atoms in total. The molecule has 0 radical (unpaired) electrons. The van der Waals surface area contributed by atoms with Crippen LogP contribution in [0.1, 0.15) is 56.6 Å². The molecule has 5 aromatic rings. The van der Waals surface area contributed by atoms with Gasteiger partial charge in [-0.25, -0.2) is 18.1 Å². The first-order valence-corrected chi connectivity index (χ1v) is 14.6. The van der Waals surface area contributed by atoms with Gasteiger partial charge < -0.3 is 9.73 Å². The van der Waals surface area contributed by atoms with Crippen LogP contribution in [0.5, 0.6) is 0 Å². The summed E-state index contributed by atoms with van der Waals surface area (Å²) in [5.74, 6) is -2.02. The van der Waals surface area contributed by atoms with E-state index in [0.717, 1.165) is 0 Å². The number of rotatable bonds is 4. The van der Waals surface area contributed by atoms with E-state index in [9.17, 15) is 14.0 Å². The molecule has 1 N–H and O–H groups in total. The fraction of sp³-hybridized carbons (Fsp3) is 0.267. The van der Waals surface area contributed by atoms with Crippen LogP contribution in [0.2, 0.25) is 10.2 Å². The molecule has 0 saturated heterocycles. The standard InChI is InChI=1S/C30H25Cl2F2N7O3/c1-15-4-3-5-18(21-10-17(8-9-35-21)29-22(37-30(15)43)12-36-41(29)16(2)33)19-14-44-25(11-24(19)42)27-23(7-6-20(31)28(27)34)40-13-26(32)38-39-40/h6-16,18H,3-5H2,1-2H3,(H,37,43)/t15-,16?,18-/m1/s1. The number of carbonyl (C=O) groups excluding carboxylic acids is 1. The van der Waals surface area contributed by atoms with E-state index < -0.39 is 23.5 Å². The molecule has 5 heterocycles. The normalized spacial score (nSPS) is 17.7. The van der Waals surface area contributed by atoms with Crippen molar-refractivity contribution in [2.45, 2.75) is 45.3 Å². The molecule has 0 fully saturated rings. The van der Waals surface area contributed by atoms with Gasteiger partial charge in [0.2, 0.25) is 5.91 Å². The van der Waals surface area contributed by atoms with Crippen molar-refractivity contribution in [3.8, 4) is 28.3 Å². The van der Waals surface area contributed by atoms with Crippen LogP contribution in [0.15, 0.2) is 64.4 Å². The summed E-state index contributed by atoms with van der Waals surface area (Å²) in [5.41, 5.74) is 1.83. The Balaban J connectivity index is 1.47. The van der Waals surface area contributed by atoms with Gasteiger partial charge in [0.05, 0.1) is 46.3 Å². The number of nitrogens with zero attached hydrogens (tertiary/aromatic N) is 6. The summed E-state index contributed by atoms with van der Waals surface area (Å²) in [6.45, 7) is 3.15. The zero-order valence-electron chi connectivity index (χ0n) is 23.5. The van der Waals surface area contributed by atoms with Crippen LogP contribution < -0.4 is 10.7 Å². The van der Waals surface area contributed by atoms with Crippen molar-refractivity contribution < 1.29 is 18.0 Å². The molecule has 1 aromatic carbocycles. The lowest BCUT2D eigenvalue weighted by Gasteiger charge is -2.21. The molecular formula is C30H25Cl2F2N7O3. The van der Waals surface area contributed by atoms with E-state index in [1.165, 1.54) is 53.1 Å². The fourth-order valence-corrected chi connectivity index (χ4v) is 5.69. The highest BCUT2D eigenvalue weighted by Gasteiger charge is 2.27. The molecule has 1 unspecified atom stereocenters. The molecule has 226 valence electrons. The summed E-state index contributed by atoms with van der Waals surface area (Å²) in [6.07, 6.45) is 5.74. The third-order valence-corrected chi connectivity index (χ3v) is 8.11. The molecule has 0 saturated carbocycles. The number of amides is 1. The van der Waals surface area contributed by atoms with Crippen LogP contribution in [0.25, 0.3) is 28.3 Å². The van der Waals surface area contributed by atoms with E-state index in [2.05, 4.69) is 25.7 Å². The van der Waals surface area contributed by atoms with E-state index in [0.29, 0.717) is 41.9 Å². The maximum Gasteiger partial charge on any atom is 0.227 e. The maximum absolute atomic E-state index is 15.4. The Labute approximate surface area is 259 Å². The van der Waals surface area contributed by atoms with Gasteiger partial charge in [0, 0.05) is 40.9 Å². The van der Waals surface area contributed by atoms with Gasteiger partial charge in [0.1, 0.15) is 5.76 Å². The topological polar surface area (TPSA) is 121 Å². The van der Waals surface area contributed by atoms with Crippen molar-refractivity contribution in [2.75, 3.05) is 5.32 Å². The number of benzene rings is 1. The van der Waals surface area contributed by atoms with Crippen molar-refractivity contribution >= 4 is 34.8 Å². The largest absolute Gasteiger partial charge is 0.464 e. The zero-order chi connectivity index (χ0) is 31.1. The van der Waals surface area contributed by atoms with E-state index in [-0.39, 0.29) is 44.6 Å². The number of hydrogen-bond acceptors (Lipinski definition) is 7. The molecule has 0 aliphatic carbocycles. The predicted octanol–water partition coefficient (Wildman–Crippen LogP) is 6.97. The minimum Gasteiger partial charge on any atom is -0.464 e. The first-order valence-electron chi connectivity index (χ1n) is 13.8. The Morgan fingerprint density at radius 2 is 1.98 bits per heavy atom. The Bertz CT molecular complexity index is 1940. The lowest BCUT2D eigenvalue weighted by Crippen LogP contribution is -2.22. The quantitative estimate of drug-likeness (QED) is 0.225. The minimum absolute atomic E-state index is 0.0778. The maximum atomic E-state index is 15.4. The zero-order valence-corrected chi connectivity index (χ0v) is 25.0. The number of pyridine rings is 1. The number of anilines is 1. The molecule has 1 aliphatic heterocycles. The second kappa shape index (κ2) is 11.9. The molecular weight excluding hydrogens is 615 g/mol. The summed E-state index contributed by atoms with van der Waals surface area (Å²) >= 11 is 12.0. The molecule has 14 heteroatoms. The van der Waals surface area contributed by atoms with E-state index in [1.807, 2.05) is 0 Å². The second-order valence-corrected chi connectivity index (χ2v) is 11.4. The number of halogens is 4. The van der Waals surface area contributed by atoms with Gasteiger partial charge in [-0.15, -0.1) is 5.10 Å². The summed E-state index contributed by atoms with van der Waals surface area (Å²) in [4.78, 5) is 31.3. The first kappa shape index (κ1) is 29.6. The van der Waals surface area contributed by atoms with Gasteiger partial charge in [0.25, 0.3) is 0 Å². The van der Waals surface area contributed by atoms with Gasteiger partial charge in [-0.3, -0.25) is 14.6 Å². The van der Waals surface area contributed by atoms with Gasteiger partial charge in [0.15, 0.2) is 22.7 Å². The van der Waals surface area contributed by atoms with Crippen LogP contribution in [0, 0.1) is 11.7 Å². The Morgan fingerprint density at radius 1 is 1.16 bits per heavy atom. The van der Waals surface area contributed by atoms with Crippen LogP contribution in [-0.2, 0) is 4.79 Å². The van der Waals surface area contributed by atoms with Crippen molar-refractivity contribution in [2.24, 2.45) is 5.92 Å². The van der Waals surface area contributed by atoms with Crippen LogP contribution in [-0.4, -0.2) is 35.7 Å². The third kappa shape index (κ3) is 5.50. The molecule has 4 aromatic heterocycles. The molecule has 2 bridgehead atoms. The lowest BCUT2D eigenvalue weighted by atomic mass is 9.88. The Hall–Kier alpha value is -4.42. The minimum atomic E-state index is -1.47. The molecule has 1 amide bonds. The summed E-state index contributed by atoms with van der Waals surface area (Å²) in [5, 5.41) is 14.6. The fourth-order valence-electron chi connectivity index (χ4n) is 5.41. The van der Waals surface area contributed by atoms with Crippen molar-refractivity contribution in [1.29, 1.82) is 0 Å². The van der Waals surface area contributed by atoms with Crippen molar-refractivity contribution in [3.05, 3.63) is 92.7 Å². The monoisotopic (exact) mass is 639 g/mol. The average Bonchev–Trinajstić information content (AvgIpc) is 3.62. The molecule has 1 aliphatic rings. The third-order valence-electron chi connectivity index (χ3n) is 7.65. The number of nitrogens with one attached hydrogen (secondary N) is 1. The number of hydrogen-bond donors (Lipinski definition) is 1. The number of fused-ring (bicyclic) bond motifs is 4. The molecule has 6 rings (SSSR count). The van der Waals surface area contributed by atoms with Crippen LogP contribution in [0.3, 0.4) is 0 Å². The van der Waals surface area contributed by atoms with Crippen molar-refractivity contribution in [3.63, 3.8) is 0 Å². The molecule has 44 heavy (non-hydrogen) atoms. The summed E-state index contributed by atoms with van der Waals surface area (Å²) in [6, 6.07) is 7.49. The number of alkyl halides is 1. The van der Waals surface area contributed by atoms with Gasteiger partial charge >= 0.3 is 0 Å². The average molecular weight is 640 g/mol. The Kier molecular flexibility index (Phi) is 8.04. The van der Waals surface area contributed by atoms with Gasteiger partial charge in [-0.2, -0.15) is 5.10 Å².